The van der Waals surface area contributed by atoms with Crippen molar-refractivity contribution in [3.05, 3.63) is 40.2 Å². The molecule has 3 rings (SSSR count). The molecule has 1 aliphatic heterocycles. The minimum atomic E-state index is -1.18. The molecule has 0 fully saturated rings. The third-order valence-corrected chi connectivity index (χ3v) is 3.31. The van der Waals surface area contributed by atoms with Crippen LogP contribution in [0.1, 0.15) is 25.5 Å². The van der Waals surface area contributed by atoms with Gasteiger partial charge in [0.1, 0.15) is 17.4 Å². The summed E-state index contributed by atoms with van der Waals surface area (Å²) >= 11 is 0. The van der Waals surface area contributed by atoms with Gasteiger partial charge in [-0.15, -0.1) is 0 Å². The van der Waals surface area contributed by atoms with E-state index in [1.165, 1.54) is 6.07 Å². The van der Waals surface area contributed by atoms with Gasteiger partial charge in [-0.1, -0.05) is 0 Å². The van der Waals surface area contributed by atoms with Gasteiger partial charge in [-0.25, -0.2) is 4.79 Å². The molecule has 0 bridgehead atoms. The normalized spacial score (nSPS) is 22.3. The van der Waals surface area contributed by atoms with Crippen molar-refractivity contribution in [2.45, 2.75) is 31.7 Å². The molecule has 100 valence electrons. The van der Waals surface area contributed by atoms with Gasteiger partial charge in [0, 0.05) is 23.1 Å². The summed E-state index contributed by atoms with van der Waals surface area (Å²) in [5.74, 6) is 0.432. The van der Waals surface area contributed by atoms with E-state index in [0.29, 0.717) is 22.3 Å². The molecule has 1 aromatic heterocycles. The Hall–Kier alpha value is -1.85. The molecular formula is C14H14O5. The van der Waals surface area contributed by atoms with Crippen molar-refractivity contribution in [2.75, 3.05) is 0 Å². The highest BCUT2D eigenvalue weighted by Crippen LogP contribution is 2.42. The second-order valence-electron chi connectivity index (χ2n) is 5.32. The van der Waals surface area contributed by atoms with Gasteiger partial charge >= 0.3 is 5.63 Å². The lowest BCUT2D eigenvalue weighted by Gasteiger charge is -2.27. The highest BCUT2D eigenvalue weighted by molar-refractivity contribution is 5.80. The van der Waals surface area contributed by atoms with Crippen molar-refractivity contribution in [2.24, 2.45) is 0 Å². The minimum Gasteiger partial charge on any atom is -0.484 e. The Labute approximate surface area is 109 Å². The molecular weight excluding hydrogens is 248 g/mol. The van der Waals surface area contributed by atoms with Crippen LogP contribution in [0.2, 0.25) is 0 Å². The van der Waals surface area contributed by atoms with Crippen molar-refractivity contribution in [1.82, 2.24) is 0 Å². The molecule has 2 aromatic rings. The van der Waals surface area contributed by atoms with Gasteiger partial charge in [-0.3, -0.25) is 0 Å². The standard InChI is InChI=1S/C14H14O5/c1-14(2,17)13-12(16)8-5-7-3-4-11(15)18-9(7)6-10(8)19-13/h3-6,12-13,16-17H,1-2H3. The van der Waals surface area contributed by atoms with Gasteiger partial charge in [-0.2, -0.15) is 0 Å². The molecule has 0 aliphatic carbocycles. The largest absolute Gasteiger partial charge is 0.484 e. The summed E-state index contributed by atoms with van der Waals surface area (Å²) in [6, 6.07) is 6.24. The molecule has 5 nitrogen and oxygen atoms in total. The Balaban J connectivity index is 2.15. The Morgan fingerprint density at radius 1 is 1.26 bits per heavy atom. The maximum absolute atomic E-state index is 11.2. The first-order valence-corrected chi connectivity index (χ1v) is 6.01. The molecule has 0 radical (unpaired) electrons. The van der Waals surface area contributed by atoms with Gasteiger partial charge in [-0.05, 0) is 26.0 Å². The molecule has 5 heteroatoms. The zero-order chi connectivity index (χ0) is 13.8. The third-order valence-electron chi connectivity index (χ3n) is 3.31. The molecule has 0 amide bonds. The van der Waals surface area contributed by atoms with Crippen LogP contribution in [0.25, 0.3) is 11.0 Å². The van der Waals surface area contributed by atoms with E-state index in [4.69, 9.17) is 9.15 Å². The summed E-state index contributed by atoms with van der Waals surface area (Å²) in [6.07, 6.45) is -1.66. The highest BCUT2D eigenvalue weighted by atomic mass is 16.5. The van der Waals surface area contributed by atoms with E-state index in [2.05, 4.69) is 0 Å². The first-order chi connectivity index (χ1) is 8.86. The molecule has 1 aliphatic rings. The monoisotopic (exact) mass is 262 g/mol. The van der Waals surface area contributed by atoms with Crippen LogP contribution in [0.4, 0.5) is 0 Å². The van der Waals surface area contributed by atoms with E-state index in [1.54, 1.807) is 32.0 Å². The summed E-state index contributed by atoms with van der Waals surface area (Å²) in [7, 11) is 0. The quantitative estimate of drug-likeness (QED) is 0.758. The lowest BCUT2D eigenvalue weighted by molar-refractivity contribution is -0.0762. The van der Waals surface area contributed by atoms with Crippen LogP contribution in [-0.2, 0) is 0 Å². The number of benzene rings is 1. The number of hydrogen-bond acceptors (Lipinski definition) is 5. The summed E-state index contributed by atoms with van der Waals surface area (Å²) in [5.41, 5.74) is -0.626. The van der Waals surface area contributed by atoms with Gasteiger partial charge in [0.25, 0.3) is 0 Å². The predicted molar refractivity (Wildman–Crippen MR) is 68.2 cm³/mol. The van der Waals surface area contributed by atoms with Crippen LogP contribution in [-0.4, -0.2) is 21.9 Å². The van der Waals surface area contributed by atoms with E-state index in [0.717, 1.165) is 0 Å². The fourth-order valence-electron chi connectivity index (χ4n) is 2.34. The second kappa shape index (κ2) is 3.82. The van der Waals surface area contributed by atoms with Crippen LogP contribution in [0.5, 0.6) is 5.75 Å². The molecule has 0 spiro atoms. The van der Waals surface area contributed by atoms with Gasteiger partial charge in [0.2, 0.25) is 0 Å². The van der Waals surface area contributed by atoms with Crippen molar-refractivity contribution in [3.63, 3.8) is 0 Å². The molecule has 2 heterocycles. The molecule has 2 N–H and O–H groups in total. The smallest absolute Gasteiger partial charge is 0.336 e. The topological polar surface area (TPSA) is 79.9 Å². The maximum atomic E-state index is 11.2. The number of aliphatic hydroxyl groups excluding tert-OH is 1. The summed E-state index contributed by atoms with van der Waals surface area (Å²) in [4.78, 5) is 11.2. The number of ether oxygens (including phenoxy) is 1. The van der Waals surface area contributed by atoms with E-state index in [-0.39, 0.29) is 0 Å². The average Bonchev–Trinajstić information content (AvgIpc) is 2.63. The SMILES string of the molecule is CC(C)(O)C1Oc2cc3oc(=O)ccc3cc2C1O. The van der Waals surface area contributed by atoms with Crippen molar-refractivity contribution >= 4 is 11.0 Å². The van der Waals surface area contributed by atoms with Gasteiger partial charge in [0.15, 0.2) is 6.10 Å². The van der Waals surface area contributed by atoms with Crippen LogP contribution in [0.3, 0.4) is 0 Å². The van der Waals surface area contributed by atoms with Crippen molar-refractivity contribution in [3.8, 4) is 5.75 Å². The second-order valence-corrected chi connectivity index (χ2v) is 5.32. The van der Waals surface area contributed by atoms with E-state index in [1.807, 2.05) is 0 Å². The fourth-order valence-corrected chi connectivity index (χ4v) is 2.34. The predicted octanol–water partition coefficient (Wildman–Crippen LogP) is 1.36. The minimum absolute atomic E-state index is 0.398. The summed E-state index contributed by atoms with van der Waals surface area (Å²) < 4.78 is 10.6. The molecule has 0 saturated carbocycles. The highest BCUT2D eigenvalue weighted by Gasteiger charge is 2.42. The van der Waals surface area contributed by atoms with Crippen LogP contribution < -0.4 is 10.4 Å². The lowest BCUT2D eigenvalue weighted by atomic mass is 9.94. The fraction of sp³-hybridized carbons (Fsp3) is 0.357. The van der Waals surface area contributed by atoms with Crippen LogP contribution in [0, 0.1) is 0 Å². The zero-order valence-electron chi connectivity index (χ0n) is 10.6. The van der Waals surface area contributed by atoms with Crippen LogP contribution in [0.15, 0.2) is 33.5 Å². The van der Waals surface area contributed by atoms with E-state index >= 15 is 0 Å². The Kier molecular flexibility index (Phi) is 2.45. The first-order valence-electron chi connectivity index (χ1n) is 6.01. The number of fused-ring (bicyclic) bond motifs is 2. The van der Waals surface area contributed by atoms with Gasteiger partial charge < -0.3 is 19.4 Å². The third kappa shape index (κ3) is 1.91. The first kappa shape index (κ1) is 12.2. The lowest BCUT2D eigenvalue weighted by Crippen LogP contribution is -2.41. The van der Waals surface area contributed by atoms with Crippen LogP contribution >= 0.6 is 0 Å². The van der Waals surface area contributed by atoms with E-state index < -0.39 is 23.4 Å². The molecule has 19 heavy (non-hydrogen) atoms. The average molecular weight is 262 g/mol. The number of aliphatic hydroxyl groups is 2. The van der Waals surface area contributed by atoms with Gasteiger partial charge in [0.05, 0.1) is 5.60 Å². The number of hydrogen-bond donors (Lipinski definition) is 2. The molecule has 0 saturated heterocycles. The molecule has 2 unspecified atom stereocenters. The van der Waals surface area contributed by atoms with Crippen molar-refractivity contribution < 1.29 is 19.4 Å². The van der Waals surface area contributed by atoms with E-state index in [9.17, 15) is 15.0 Å². The molecule has 1 aromatic carbocycles. The summed E-state index contributed by atoms with van der Waals surface area (Å²) in [5, 5.41) is 20.9. The Morgan fingerprint density at radius 2 is 2.00 bits per heavy atom. The number of rotatable bonds is 1. The Morgan fingerprint density at radius 3 is 2.68 bits per heavy atom. The Bertz CT molecular complexity index is 695. The molecule has 2 atom stereocenters. The maximum Gasteiger partial charge on any atom is 0.336 e. The summed E-state index contributed by atoms with van der Waals surface area (Å²) in [6.45, 7) is 3.15. The van der Waals surface area contributed by atoms with Crippen molar-refractivity contribution in [1.29, 1.82) is 0 Å². The zero-order valence-corrected chi connectivity index (χ0v) is 10.6.